The number of amides is 1. The maximum atomic E-state index is 13.2. The quantitative estimate of drug-likeness (QED) is 0.556. The van der Waals surface area contributed by atoms with Gasteiger partial charge in [-0.15, -0.1) is 11.3 Å². The van der Waals surface area contributed by atoms with Gasteiger partial charge in [0, 0.05) is 24.0 Å². The summed E-state index contributed by atoms with van der Waals surface area (Å²) in [6.45, 7) is 1.66. The molecule has 4 rings (SSSR count). The third kappa shape index (κ3) is 3.39. The molecule has 0 saturated heterocycles. The Balaban J connectivity index is 1.55. The van der Waals surface area contributed by atoms with E-state index in [9.17, 15) is 13.6 Å². The molecule has 0 fully saturated rings. The number of hydrogen-bond acceptors (Lipinski definition) is 7. The highest BCUT2D eigenvalue weighted by atomic mass is 32.1. The first kappa shape index (κ1) is 17.9. The van der Waals surface area contributed by atoms with E-state index in [1.54, 1.807) is 30.6 Å². The Morgan fingerprint density at radius 3 is 2.86 bits per heavy atom. The number of rotatable bonds is 4. The second kappa shape index (κ2) is 7.27. The van der Waals surface area contributed by atoms with Gasteiger partial charge in [0.15, 0.2) is 16.6 Å². The fourth-order valence-electron chi connectivity index (χ4n) is 2.55. The van der Waals surface area contributed by atoms with Crippen LogP contribution in [0.15, 0.2) is 42.3 Å². The van der Waals surface area contributed by atoms with E-state index < -0.39 is 12.5 Å². The maximum absolute atomic E-state index is 13.2. The number of halogens is 2. The van der Waals surface area contributed by atoms with Gasteiger partial charge < -0.3 is 4.74 Å². The van der Waals surface area contributed by atoms with Gasteiger partial charge in [-0.1, -0.05) is 0 Å². The predicted octanol–water partition coefficient (Wildman–Crippen LogP) is 3.94. The molecule has 1 N–H and O–H groups in total. The molecule has 0 aliphatic heterocycles. The summed E-state index contributed by atoms with van der Waals surface area (Å²) < 4.78 is 32.7. The number of carbonyl (C=O) groups excluding carboxylic acids is 1. The summed E-state index contributed by atoms with van der Waals surface area (Å²) in [7, 11) is 0. The van der Waals surface area contributed by atoms with Crippen molar-refractivity contribution >= 4 is 28.5 Å². The van der Waals surface area contributed by atoms with Gasteiger partial charge in [-0.3, -0.25) is 9.66 Å². The minimum absolute atomic E-state index is 0.102. The highest BCUT2D eigenvalue weighted by Crippen LogP contribution is 2.27. The highest BCUT2D eigenvalue weighted by molar-refractivity contribution is 7.12. The zero-order valence-corrected chi connectivity index (χ0v) is 15.2. The molecule has 4 aromatic heterocycles. The number of nitrogens with one attached hydrogen (secondary N) is 1. The van der Waals surface area contributed by atoms with E-state index in [0.717, 1.165) is 10.9 Å². The predicted molar refractivity (Wildman–Crippen MR) is 98.0 cm³/mol. The third-order valence-electron chi connectivity index (χ3n) is 3.79. The smallest absolute Gasteiger partial charge is 0.406 e. The maximum Gasteiger partial charge on any atom is 0.432 e. The lowest BCUT2D eigenvalue weighted by Crippen LogP contribution is -2.25. The van der Waals surface area contributed by atoms with E-state index in [0.29, 0.717) is 22.0 Å². The minimum Gasteiger partial charge on any atom is -0.406 e. The molecule has 28 heavy (non-hydrogen) atoms. The van der Waals surface area contributed by atoms with Crippen molar-refractivity contribution in [3.05, 3.63) is 53.6 Å². The molecule has 0 atom stereocenters. The molecule has 0 radical (unpaired) electrons. The van der Waals surface area contributed by atoms with Gasteiger partial charge in [-0.2, -0.15) is 0 Å². The second-order valence-electron chi connectivity index (χ2n) is 5.61. The van der Waals surface area contributed by atoms with E-state index >= 15 is 0 Å². The van der Waals surface area contributed by atoms with Gasteiger partial charge in [0.1, 0.15) is 0 Å². The summed E-state index contributed by atoms with van der Waals surface area (Å²) in [5, 5.41) is 2.44. The lowest BCUT2D eigenvalue weighted by Gasteiger charge is -2.10. The van der Waals surface area contributed by atoms with Gasteiger partial charge in [0.05, 0.1) is 28.5 Å². The van der Waals surface area contributed by atoms with Crippen molar-refractivity contribution < 1.29 is 18.3 Å². The second-order valence-corrected chi connectivity index (χ2v) is 6.50. The Hall–Kier alpha value is -3.47. The van der Waals surface area contributed by atoms with Crippen molar-refractivity contribution in [1.29, 1.82) is 0 Å². The first-order chi connectivity index (χ1) is 13.5. The molecule has 8 nitrogen and oxygen atoms in total. The van der Waals surface area contributed by atoms with Gasteiger partial charge >= 0.3 is 6.09 Å². The molecule has 4 heterocycles. The van der Waals surface area contributed by atoms with Crippen LogP contribution in [0, 0.1) is 6.92 Å². The van der Waals surface area contributed by atoms with E-state index in [4.69, 9.17) is 4.74 Å². The average Bonchev–Trinajstić information content (AvgIpc) is 3.32. The van der Waals surface area contributed by atoms with Crippen LogP contribution in [0.5, 0.6) is 5.75 Å². The van der Waals surface area contributed by atoms with Gasteiger partial charge in [0.2, 0.25) is 0 Å². The number of ether oxygens (including phenoxy) is 1. The zero-order chi connectivity index (χ0) is 19.7. The molecule has 11 heteroatoms. The summed E-state index contributed by atoms with van der Waals surface area (Å²) in [4.78, 5) is 28.7. The number of alkyl halides is 2. The van der Waals surface area contributed by atoms with Crippen molar-refractivity contribution in [2.75, 3.05) is 5.43 Å². The Morgan fingerprint density at radius 1 is 1.29 bits per heavy atom. The Labute approximate surface area is 160 Å². The Kier molecular flexibility index (Phi) is 4.65. The van der Waals surface area contributed by atoms with Crippen LogP contribution in [-0.2, 0) is 0 Å². The van der Waals surface area contributed by atoms with Gasteiger partial charge in [0.25, 0.3) is 6.43 Å². The van der Waals surface area contributed by atoms with Crippen molar-refractivity contribution in [2.24, 2.45) is 0 Å². The van der Waals surface area contributed by atoms with Crippen molar-refractivity contribution in [1.82, 2.24) is 24.6 Å². The molecule has 142 valence electrons. The molecule has 0 saturated carbocycles. The van der Waals surface area contributed by atoms with Crippen molar-refractivity contribution in [3.8, 4) is 16.6 Å². The number of fused-ring (bicyclic) bond motifs is 1. The standard InChI is InChI=1S/C17H12F2N6O2S/c1-9-12(7-22-15(23-9)16-21-5-6-28-16)27-17(26)24-25-8-10(14(18)19)13-11(25)3-2-4-20-13/h2-8,14H,1H3,(H,24,26). The van der Waals surface area contributed by atoms with Crippen LogP contribution in [0.1, 0.15) is 17.7 Å². The van der Waals surface area contributed by atoms with Crippen LogP contribution < -0.4 is 10.2 Å². The summed E-state index contributed by atoms with van der Waals surface area (Å²) in [5.41, 5.74) is 2.96. The number of aromatic nitrogens is 5. The van der Waals surface area contributed by atoms with Crippen LogP contribution in [0.25, 0.3) is 21.9 Å². The zero-order valence-electron chi connectivity index (χ0n) is 14.3. The summed E-state index contributed by atoms with van der Waals surface area (Å²) in [6, 6.07) is 3.14. The topological polar surface area (TPSA) is 94.8 Å². The third-order valence-corrected chi connectivity index (χ3v) is 4.56. The van der Waals surface area contributed by atoms with E-state index in [2.05, 4.69) is 25.4 Å². The molecule has 0 spiro atoms. The first-order valence-corrected chi connectivity index (χ1v) is 8.87. The van der Waals surface area contributed by atoms with Crippen molar-refractivity contribution in [3.63, 3.8) is 0 Å². The van der Waals surface area contributed by atoms with Crippen LogP contribution in [0.2, 0.25) is 0 Å². The number of carbonyl (C=O) groups is 1. The first-order valence-electron chi connectivity index (χ1n) is 7.99. The Bertz CT molecular complexity index is 1150. The van der Waals surface area contributed by atoms with Gasteiger partial charge in [-0.05, 0) is 19.1 Å². The molecular weight excluding hydrogens is 390 g/mol. The molecular formula is C17H12F2N6O2S. The van der Waals surface area contributed by atoms with E-state index in [1.807, 2.05) is 0 Å². The highest BCUT2D eigenvalue weighted by Gasteiger charge is 2.19. The number of pyridine rings is 1. The van der Waals surface area contributed by atoms with Crippen LogP contribution in [0.4, 0.5) is 13.6 Å². The number of aryl methyl sites for hydroxylation is 1. The fraction of sp³-hybridized carbons (Fsp3) is 0.118. The number of thiazole rings is 1. The molecule has 1 amide bonds. The lowest BCUT2D eigenvalue weighted by atomic mass is 10.3. The molecule has 0 aliphatic rings. The van der Waals surface area contributed by atoms with E-state index in [1.165, 1.54) is 23.7 Å². The van der Waals surface area contributed by atoms with Crippen LogP contribution in [0.3, 0.4) is 0 Å². The van der Waals surface area contributed by atoms with Gasteiger partial charge in [-0.25, -0.2) is 34.0 Å². The Morgan fingerprint density at radius 2 is 2.14 bits per heavy atom. The minimum atomic E-state index is -2.73. The molecule has 0 aromatic carbocycles. The van der Waals surface area contributed by atoms with Crippen molar-refractivity contribution in [2.45, 2.75) is 13.3 Å². The summed E-state index contributed by atoms with van der Waals surface area (Å²) >= 11 is 1.39. The molecule has 0 bridgehead atoms. The average molecular weight is 402 g/mol. The van der Waals surface area contributed by atoms with Crippen LogP contribution >= 0.6 is 11.3 Å². The number of nitrogens with zero attached hydrogens (tertiary/aromatic N) is 5. The SMILES string of the molecule is Cc1nc(-c2nccs2)ncc1OC(=O)Nn1cc(C(F)F)c2ncccc21. The normalized spacial score (nSPS) is 11.1. The van der Waals surface area contributed by atoms with E-state index in [-0.39, 0.29) is 16.8 Å². The lowest BCUT2D eigenvalue weighted by molar-refractivity contribution is 0.152. The largest absolute Gasteiger partial charge is 0.432 e. The summed E-state index contributed by atoms with van der Waals surface area (Å²) in [6.07, 6.45) is 1.90. The fourth-order valence-corrected chi connectivity index (χ4v) is 3.13. The molecule has 4 aromatic rings. The monoisotopic (exact) mass is 402 g/mol. The molecule has 0 unspecified atom stereocenters. The molecule has 0 aliphatic carbocycles. The van der Waals surface area contributed by atoms with Crippen LogP contribution in [-0.4, -0.2) is 30.7 Å². The summed E-state index contributed by atoms with van der Waals surface area (Å²) in [5.74, 6) is 0.561. The number of hydrogen-bond donors (Lipinski definition) is 1.